The van der Waals surface area contributed by atoms with Crippen molar-refractivity contribution in [3.8, 4) is 0 Å². The molecule has 0 amide bonds. The van der Waals surface area contributed by atoms with Crippen LogP contribution < -0.4 is 0 Å². The molecule has 1 unspecified atom stereocenters. The second-order valence-corrected chi connectivity index (χ2v) is 5.02. The summed E-state index contributed by atoms with van der Waals surface area (Å²) in [5.41, 5.74) is 0.251. The SMILES string of the molecule is CCOC(=O)C(C)CN1CCCC1(C)C. The van der Waals surface area contributed by atoms with E-state index in [0.29, 0.717) is 6.61 Å². The van der Waals surface area contributed by atoms with Crippen molar-refractivity contribution in [2.24, 2.45) is 5.92 Å². The van der Waals surface area contributed by atoms with Gasteiger partial charge in [0, 0.05) is 12.1 Å². The van der Waals surface area contributed by atoms with Gasteiger partial charge in [-0.05, 0) is 40.2 Å². The number of hydrogen-bond acceptors (Lipinski definition) is 3. The van der Waals surface area contributed by atoms with Crippen molar-refractivity contribution >= 4 is 5.97 Å². The van der Waals surface area contributed by atoms with E-state index in [1.54, 1.807) is 0 Å². The molecule has 0 bridgehead atoms. The van der Waals surface area contributed by atoms with Crippen LogP contribution in [0.3, 0.4) is 0 Å². The number of likely N-dealkylation sites (tertiary alicyclic amines) is 1. The predicted octanol–water partition coefficient (Wildman–Crippen LogP) is 2.06. The van der Waals surface area contributed by atoms with E-state index in [4.69, 9.17) is 4.74 Å². The lowest BCUT2D eigenvalue weighted by Crippen LogP contribution is -2.42. The second-order valence-electron chi connectivity index (χ2n) is 5.02. The first-order valence-electron chi connectivity index (χ1n) is 5.89. The highest BCUT2D eigenvalue weighted by molar-refractivity contribution is 5.72. The normalized spacial score (nSPS) is 22.7. The maximum absolute atomic E-state index is 11.5. The van der Waals surface area contributed by atoms with E-state index in [9.17, 15) is 4.79 Å². The summed E-state index contributed by atoms with van der Waals surface area (Å²) in [7, 11) is 0. The number of esters is 1. The standard InChI is InChI=1S/C12H23NO2/c1-5-15-11(14)10(2)9-13-8-6-7-12(13,3)4/h10H,5-9H2,1-4H3. The van der Waals surface area contributed by atoms with Crippen molar-refractivity contribution in [1.29, 1.82) is 0 Å². The molecule has 3 nitrogen and oxygen atoms in total. The topological polar surface area (TPSA) is 29.5 Å². The average Bonchev–Trinajstić information content (AvgIpc) is 2.46. The van der Waals surface area contributed by atoms with E-state index < -0.39 is 0 Å². The first kappa shape index (κ1) is 12.5. The molecule has 15 heavy (non-hydrogen) atoms. The van der Waals surface area contributed by atoms with Gasteiger partial charge in [0.2, 0.25) is 0 Å². The first-order chi connectivity index (χ1) is 6.97. The lowest BCUT2D eigenvalue weighted by atomic mass is 10.0. The van der Waals surface area contributed by atoms with E-state index in [2.05, 4.69) is 18.7 Å². The Morgan fingerprint density at radius 3 is 2.67 bits per heavy atom. The van der Waals surface area contributed by atoms with Crippen molar-refractivity contribution in [2.75, 3.05) is 19.7 Å². The van der Waals surface area contributed by atoms with E-state index in [-0.39, 0.29) is 17.4 Å². The summed E-state index contributed by atoms with van der Waals surface area (Å²) >= 11 is 0. The molecule has 1 aliphatic rings. The summed E-state index contributed by atoms with van der Waals surface area (Å²) in [4.78, 5) is 13.9. The molecule has 3 heteroatoms. The van der Waals surface area contributed by atoms with Crippen LogP contribution in [0.5, 0.6) is 0 Å². The predicted molar refractivity (Wildman–Crippen MR) is 60.7 cm³/mol. The van der Waals surface area contributed by atoms with Crippen LogP contribution in [-0.2, 0) is 9.53 Å². The quantitative estimate of drug-likeness (QED) is 0.669. The molecule has 1 atom stereocenters. The number of carbonyl (C=O) groups is 1. The molecule has 0 aromatic carbocycles. The summed E-state index contributed by atoms with van der Waals surface area (Å²) in [5, 5.41) is 0. The second kappa shape index (κ2) is 4.97. The van der Waals surface area contributed by atoms with Gasteiger partial charge in [0.25, 0.3) is 0 Å². The fourth-order valence-corrected chi connectivity index (χ4v) is 2.19. The Hall–Kier alpha value is -0.570. The maximum Gasteiger partial charge on any atom is 0.309 e. The van der Waals surface area contributed by atoms with Gasteiger partial charge in [-0.25, -0.2) is 0 Å². The minimum atomic E-state index is -0.0693. The summed E-state index contributed by atoms with van der Waals surface area (Å²) in [6, 6.07) is 0. The van der Waals surface area contributed by atoms with Crippen LogP contribution in [0, 0.1) is 5.92 Å². The van der Waals surface area contributed by atoms with Gasteiger partial charge in [-0.15, -0.1) is 0 Å². The molecular weight excluding hydrogens is 190 g/mol. The molecular formula is C12H23NO2. The Bertz CT molecular complexity index is 226. The van der Waals surface area contributed by atoms with E-state index in [0.717, 1.165) is 13.1 Å². The third-order valence-corrected chi connectivity index (χ3v) is 3.26. The molecule has 1 heterocycles. The molecule has 0 aliphatic carbocycles. The zero-order valence-corrected chi connectivity index (χ0v) is 10.4. The van der Waals surface area contributed by atoms with Gasteiger partial charge in [0.15, 0.2) is 0 Å². The highest BCUT2D eigenvalue weighted by atomic mass is 16.5. The molecule has 0 spiro atoms. The fraction of sp³-hybridized carbons (Fsp3) is 0.917. The smallest absolute Gasteiger partial charge is 0.309 e. The van der Waals surface area contributed by atoms with Crippen LogP contribution >= 0.6 is 0 Å². The van der Waals surface area contributed by atoms with Crippen molar-refractivity contribution in [3.63, 3.8) is 0 Å². The zero-order chi connectivity index (χ0) is 11.5. The molecule has 0 radical (unpaired) electrons. The van der Waals surface area contributed by atoms with Crippen molar-refractivity contribution in [1.82, 2.24) is 4.90 Å². The summed E-state index contributed by atoms with van der Waals surface area (Å²) in [5.74, 6) is -0.0810. The highest BCUT2D eigenvalue weighted by Crippen LogP contribution is 2.28. The monoisotopic (exact) mass is 213 g/mol. The van der Waals surface area contributed by atoms with Crippen molar-refractivity contribution in [3.05, 3.63) is 0 Å². The number of rotatable bonds is 4. The molecule has 88 valence electrons. The van der Waals surface area contributed by atoms with Crippen LogP contribution in [0.15, 0.2) is 0 Å². The minimum Gasteiger partial charge on any atom is -0.466 e. The Kier molecular flexibility index (Phi) is 4.14. The lowest BCUT2D eigenvalue weighted by molar-refractivity contribution is -0.148. The largest absolute Gasteiger partial charge is 0.466 e. The van der Waals surface area contributed by atoms with E-state index in [1.165, 1.54) is 12.8 Å². The zero-order valence-electron chi connectivity index (χ0n) is 10.4. The molecule has 0 N–H and O–H groups in total. The van der Waals surface area contributed by atoms with Crippen LogP contribution in [-0.4, -0.2) is 36.1 Å². The Labute approximate surface area is 92.8 Å². The van der Waals surface area contributed by atoms with Crippen LogP contribution in [0.25, 0.3) is 0 Å². The van der Waals surface area contributed by atoms with Gasteiger partial charge < -0.3 is 4.74 Å². The number of nitrogens with zero attached hydrogens (tertiary/aromatic N) is 1. The van der Waals surface area contributed by atoms with Gasteiger partial charge >= 0.3 is 5.97 Å². The fourth-order valence-electron chi connectivity index (χ4n) is 2.19. The number of hydrogen-bond donors (Lipinski definition) is 0. The summed E-state index contributed by atoms with van der Waals surface area (Å²) in [6.07, 6.45) is 2.46. The summed E-state index contributed by atoms with van der Waals surface area (Å²) < 4.78 is 5.02. The molecule has 1 saturated heterocycles. The maximum atomic E-state index is 11.5. The minimum absolute atomic E-state index is 0.0117. The average molecular weight is 213 g/mol. The Balaban J connectivity index is 2.44. The molecule has 1 aliphatic heterocycles. The lowest BCUT2D eigenvalue weighted by Gasteiger charge is -2.32. The third kappa shape index (κ3) is 3.20. The molecule has 1 fully saturated rings. The number of ether oxygens (including phenoxy) is 1. The molecule has 0 saturated carbocycles. The first-order valence-corrected chi connectivity index (χ1v) is 5.89. The third-order valence-electron chi connectivity index (χ3n) is 3.26. The van der Waals surface area contributed by atoms with Gasteiger partial charge in [0.1, 0.15) is 0 Å². The van der Waals surface area contributed by atoms with Crippen molar-refractivity contribution in [2.45, 2.75) is 46.1 Å². The van der Waals surface area contributed by atoms with Gasteiger partial charge in [-0.1, -0.05) is 6.92 Å². The highest BCUT2D eigenvalue weighted by Gasteiger charge is 2.33. The van der Waals surface area contributed by atoms with Crippen LogP contribution in [0.4, 0.5) is 0 Å². The molecule has 0 aromatic heterocycles. The van der Waals surface area contributed by atoms with Gasteiger partial charge in [-0.3, -0.25) is 9.69 Å². The van der Waals surface area contributed by atoms with Crippen LogP contribution in [0.1, 0.15) is 40.5 Å². The Morgan fingerprint density at radius 2 is 2.20 bits per heavy atom. The van der Waals surface area contributed by atoms with Gasteiger partial charge in [-0.2, -0.15) is 0 Å². The van der Waals surface area contributed by atoms with E-state index in [1.807, 2.05) is 13.8 Å². The van der Waals surface area contributed by atoms with E-state index >= 15 is 0 Å². The summed E-state index contributed by atoms with van der Waals surface area (Å²) in [6.45, 7) is 10.7. The van der Waals surface area contributed by atoms with Gasteiger partial charge in [0.05, 0.1) is 12.5 Å². The molecule has 0 aromatic rings. The number of carbonyl (C=O) groups excluding carboxylic acids is 1. The van der Waals surface area contributed by atoms with Crippen molar-refractivity contribution < 1.29 is 9.53 Å². The van der Waals surface area contributed by atoms with Crippen LogP contribution in [0.2, 0.25) is 0 Å². The molecule has 1 rings (SSSR count). The Morgan fingerprint density at radius 1 is 1.53 bits per heavy atom.